The maximum absolute atomic E-state index is 12.2. The second-order valence-electron chi connectivity index (χ2n) is 5.40. The number of halogens is 1. The Morgan fingerprint density at radius 3 is 2.65 bits per heavy atom. The zero-order valence-electron chi connectivity index (χ0n) is 13.8. The summed E-state index contributed by atoms with van der Waals surface area (Å²) in [7, 11) is -3.24. The van der Waals surface area contributed by atoms with Crippen LogP contribution in [0.2, 0.25) is 5.02 Å². The first-order chi connectivity index (χ1) is 12.2. The van der Waals surface area contributed by atoms with E-state index in [1.165, 1.54) is 29.5 Å². The van der Waals surface area contributed by atoms with Crippen molar-refractivity contribution in [3.63, 3.8) is 0 Å². The van der Waals surface area contributed by atoms with Gasteiger partial charge in [0.1, 0.15) is 5.75 Å². The fraction of sp³-hybridized carbons (Fsp3) is 0.250. The van der Waals surface area contributed by atoms with Gasteiger partial charge >= 0.3 is 0 Å². The van der Waals surface area contributed by atoms with E-state index in [0.717, 1.165) is 11.1 Å². The molecule has 140 valence electrons. The van der Waals surface area contributed by atoms with Crippen molar-refractivity contribution >= 4 is 44.7 Å². The van der Waals surface area contributed by atoms with Gasteiger partial charge in [0.15, 0.2) is 6.61 Å². The van der Waals surface area contributed by atoms with Crippen LogP contribution in [0.15, 0.2) is 30.3 Å². The molecule has 10 heteroatoms. The van der Waals surface area contributed by atoms with Crippen LogP contribution < -0.4 is 15.2 Å². The number of sulfonamides is 1. The van der Waals surface area contributed by atoms with E-state index in [-0.39, 0.29) is 30.2 Å². The second kappa shape index (κ2) is 8.63. The minimum absolute atomic E-state index is 0.101. The number of amides is 1. The molecular weight excluding hydrogens is 400 g/mol. The molecule has 0 aliphatic rings. The Hall–Kier alpha value is -1.94. The van der Waals surface area contributed by atoms with E-state index in [2.05, 4.69) is 4.72 Å². The van der Waals surface area contributed by atoms with Crippen LogP contribution in [0.4, 0.5) is 0 Å². The number of ketones is 1. The number of hydrogen-bond donors (Lipinski definition) is 2. The Balaban J connectivity index is 1.96. The predicted molar refractivity (Wildman–Crippen MR) is 101 cm³/mol. The van der Waals surface area contributed by atoms with E-state index < -0.39 is 15.9 Å². The molecule has 0 saturated heterocycles. The molecule has 1 aromatic heterocycles. The number of hydrogen-bond acceptors (Lipinski definition) is 6. The highest BCUT2D eigenvalue weighted by Gasteiger charge is 2.14. The largest absolute Gasteiger partial charge is 0.485 e. The standard InChI is InChI=1S/C16H17ClN2O5S2/c1-26(22,23)19-7-6-11-3-5-15(25-11)13(20)9-24-14-4-2-10(17)8-12(14)16(18)21/h2-5,8,19H,6-7,9H2,1H3,(H2,18,21). The molecule has 7 nitrogen and oxygen atoms in total. The molecule has 0 atom stereocenters. The van der Waals surface area contributed by atoms with Crippen molar-refractivity contribution < 1.29 is 22.7 Å². The van der Waals surface area contributed by atoms with Gasteiger partial charge in [-0.1, -0.05) is 11.6 Å². The molecule has 3 N–H and O–H groups in total. The molecular formula is C16H17ClN2O5S2. The summed E-state index contributed by atoms with van der Waals surface area (Å²) in [5, 5.41) is 0.336. The molecule has 1 heterocycles. The molecule has 1 aromatic carbocycles. The van der Waals surface area contributed by atoms with Gasteiger partial charge in [0.05, 0.1) is 16.7 Å². The third-order valence-electron chi connectivity index (χ3n) is 3.24. The van der Waals surface area contributed by atoms with Crippen LogP contribution in [0.25, 0.3) is 0 Å². The fourth-order valence-electron chi connectivity index (χ4n) is 2.06. The van der Waals surface area contributed by atoms with Gasteiger partial charge in [-0.3, -0.25) is 9.59 Å². The van der Waals surface area contributed by atoms with Gasteiger partial charge in [0.2, 0.25) is 15.8 Å². The summed E-state index contributed by atoms with van der Waals surface area (Å²) in [5.41, 5.74) is 5.37. The van der Waals surface area contributed by atoms with Crippen LogP contribution in [0.5, 0.6) is 5.75 Å². The Morgan fingerprint density at radius 2 is 2.00 bits per heavy atom. The number of Topliss-reactive ketones (excluding diaryl/α,β-unsaturated/α-hetero) is 1. The average Bonchev–Trinajstić information content (AvgIpc) is 3.01. The summed E-state index contributed by atoms with van der Waals surface area (Å²) in [4.78, 5) is 25.0. The number of carbonyl (C=O) groups excluding carboxylic acids is 2. The van der Waals surface area contributed by atoms with Crippen LogP contribution in [-0.4, -0.2) is 39.5 Å². The summed E-state index contributed by atoms with van der Waals surface area (Å²) in [5.74, 6) is -0.779. The van der Waals surface area contributed by atoms with E-state index in [4.69, 9.17) is 22.1 Å². The predicted octanol–water partition coefficient (Wildman–Crippen LogP) is 1.85. The van der Waals surface area contributed by atoms with Gasteiger partial charge in [0.25, 0.3) is 5.91 Å². The van der Waals surface area contributed by atoms with Crippen molar-refractivity contribution in [2.24, 2.45) is 5.73 Å². The van der Waals surface area contributed by atoms with E-state index in [9.17, 15) is 18.0 Å². The molecule has 0 radical (unpaired) electrons. The van der Waals surface area contributed by atoms with Gasteiger partial charge in [0, 0.05) is 16.4 Å². The molecule has 0 aliphatic carbocycles. The van der Waals surface area contributed by atoms with Crippen molar-refractivity contribution in [3.8, 4) is 5.75 Å². The van der Waals surface area contributed by atoms with Crippen molar-refractivity contribution in [1.29, 1.82) is 0 Å². The van der Waals surface area contributed by atoms with Crippen LogP contribution >= 0.6 is 22.9 Å². The molecule has 2 rings (SSSR count). The summed E-state index contributed by atoms with van der Waals surface area (Å²) in [6.07, 6.45) is 1.57. The van der Waals surface area contributed by atoms with Crippen LogP contribution in [-0.2, 0) is 16.4 Å². The average molecular weight is 417 g/mol. The highest BCUT2D eigenvalue weighted by Crippen LogP contribution is 2.23. The van der Waals surface area contributed by atoms with Crippen LogP contribution in [0.3, 0.4) is 0 Å². The summed E-state index contributed by atoms with van der Waals surface area (Å²) in [6.45, 7) is -0.000319. The van der Waals surface area contributed by atoms with Crippen LogP contribution in [0.1, 0.15) is 24.9 Å². The Kier molecular flexibility index (Phi) is 6.76. The Labute approximate surface area is 160 Å². The highest BCUT2D eigenvalue weighted by atomic mass is 35.5. The third kappa shape index (κ3) is 6.10. The molecule has 1 amide bonds. The van der Waals surface area contributed by atoms with Gasteiger partial charge in [-0.2, -0.15) is 0 Å². The normalized spacial score (nSPS) is 11.3. The molecule has 0 fully saturated rings. The molecule has 0 spiro atoms. The number of benzene rings is 1. The molecule has 0 saturated carbocycles. The van der Waals surface area contributed by atoms with Crippen molar-refractivity contribution in [3.05, 3.63) is 50.7 Å². The van der Waals surface area contributed by atoms with E-state index in [0.29, 0.717) is 16.3 Å². The van der Waals surface area contributed by atoms with Crippen molar-refractivity contribution in [2.45, 2.75) is 6.42 Å². The molecule has 0 bridgehead atoms. The summed E-state index contributed by atoms with van der Waals surface area (Å²) < 4.78 is 29.9. The smallest absolute Gasteiger partial charge is 0.252 e. The number of nitrogens with one attached hydrogen (secondary N) is 1. The molecule has 0 unspecified atom stereocenters. The minimum Gasteiger partial charge on any atom is -0.485 e. The van der Waals surface area contributed by atoms with Crippen molar-refractivity contribution in [1.82, 2.24) is 4.72 Å². The van der Waals surface area contributed by atoms with Crippen molar-refractivity contribution in [2.75, 3.05) is 19.4 Å². The maximum atomic E-state index is 12.2. The molecule has 2 aromatic rings. The number of carbonyl (C=O) groups is 2. The fourth-order valence-corrected chi connectivity index (χ4v) is 3.63. The summed E-state index contributed by atoms with van der Waals surface area (Å²) in [6, 6.07) is 7.81. The SMILES string of the molecule is CS(=O)(=O)NCCc1ccc(C(=O)COc2ccc(Cl)cc2C(N)=O)s1. The number of nitrogens with two attached hydrogens (primary N) is 1. The first-order valence-corrected chi connectivity index (χ1v) is 10.5. The van der Waals surface area contributed by atoms with E-state index in [1.54, 1.807) is 12.1 Å². The number of rotatable bonds is 9. The molecule has 26 heavy (non-hydrogen) atoms. The zero-order valence-corrected chi connectivity index (χ0v) is 16.2. The van der Waals surface area contributed by atoms with E-state index in [1.807, 2.05) is 0 Å². The second-order valence-corrected chi connectivity index (χ2v) is 8.84. The first kappa shape index (κ1) is 20.4. The number of ether oxygens (including phenoxy) is 1. The van der Waals surface area contributed by atoms with Gasteiger partial charge in [-0.05, 0) is 36.8 Å². The van der Waals surface area contributed by atoms with Gasteiger partial charge in [-0.25, -0.2) is 13.1 Å². The quantitative estimate of drug-likeness (QED) is 0.605. The lowest BCUT2D eigenvalue weighted by molar-refractivity contribution is 0.0916. The lowest BCUT2D eigenvalue weighted by Gasteiger charge is -2.08. The number of primary amides is 1. The lowest BCUT2D eigenvalue weighted by Crippen LogP contribution is -2.24. The first-order valence-electron chi connectivity index (χ1n) is 7.44. The lowest BCUT2D eigenvalue weighted by atomic mass is 10.2. The zero-order chi connectivity index (χ0) is 19.3. The third-order valence-corrected chi connectivity index (χ3v) is 5.39. The topological polar surface area (TPSA) is 116 Å². The minimum atomic E-state index is -3.24. The number of thiophene rings is 1. The van der Waals surface area contributed by atoms with Crippen LogP contribution in [0, 0.1) is 0 Å². The Morgan fingerprint density at radius 1 is 1.27 bits per heavy atom. The van der Waals surface area contributed by atoms with Gasteiger partial charge in [-0.15, -0.1) is 11.3 Å². The monoisotopic (exact) mass is 416 g/mol. The Bertz CT molecular complexity index is 924. The highest BCUT2D eigenvalue weighted by molar-refractivity contribution is 7.88. The molecule has 0 aliphatic heterocycles. The summed E-state index contributed by atoms with van der Waals surface area (Å²) >= 11 is 7.08. The maximum Gasteiger partial charge on any atom is 0.252 e. The van der Waals surface area contributed by atoms with E-state index >= 15 is 0 Å². The van der Waals surface area contributed by atoms with Gasteiger partial charge < -0.3 is 10.5 Å².